The second-order valence-corrected chi connectivity index (χ2v) is 5.65. The van der Waals surface area contributed by atoms with Gasteiger partial charge in [0.15, 0.2) is 0 Å². The largest absolute Gasteiger partial charge is 0.337 e. The Bertz CT molecular complexity index is 501. The third-order valence-corrected chi connectivity index (χ3v) is 4.37. The van der Waals surface area contributed by atoms with Crippen molar-refractivity contribution < 1.29 is 9.59 Å². The van der Waals surface area contributed by atoms with Crippen molar-refractivity contribution in [3.05, 3.63) is 35.9 Å². The highest BCUT2D eigenvalue weighted by Gasteiger charge is 2.34. The molecule has 2 rings (SSSR count). The van der Waals surface area contributed by atoms with E-state index in [-0.39, 0.29) is 23.9 Å². The normalized spacial score (nSPS) is 17.7. The Balaban J connectivity index is 2.11. The summed E-state index contributed by atoms with van der Waals surface area (Å²) in [5, 5.41) is 0. The number of rotatable bonds is 5. The van der Waals surface area contributed by atoms with E-state index >= 15 is 0 Å². The van der Waals surface area contributed by atoms with Gasteiger partial charge in [-0.2, -0.15) is 0 Å². The van der Waals surface area contributed by atoms with E-state index in [4.69, 9.17) is 0 Å². The summed E-state index contributed by atoms with van der Waals surface area (Å²) in [6.45, 7) is 4.69. The number of hydrogen-bond acceptors (Lipinski definition) is 2. The topological polar surface area (TPSA) is 40.6 Å². The van der Waals surface area contributed by atoms with Crippen LogP contribution in [0.15, 0.2) is 30.3 Å². The molecule has 1 aliphatic heterocycles. The van der Waals surface area contributed by atoms with E-state index in [1.165, 1.54) is 0 Å². The maximum absolute atomic E-state index is 12.8. The Morgan fingerprint density at radius 3 is 2.52 bits per heavy atom. The predicted molar refractivity (Wildman–Crippen MR) is 82.7 cm³/mol. The quantitative estimate of drug-likeness (QED) is 0.835. The first kappa shape index (κ1) is 15.5. The van der Waals surface area contributed by atoms with Crippen molar-refractivity contribution in [2.24, 2.45) is 0 Å². The fraction of sp³-hybridized carbons (Fsp3) is 0.529. The fourth-order valence-corrected chi connectivity index (χ4v) is 2.91. The van der Waals surface area contributed by atoms with E-state index in [9.17, 15) is 9.59 Å². The maximum Gasteiger partial charge on any atom is 0.245 e. The van der Waals surface area contributed by atoms with Gasteiger partial charge < -0.3 is 9.80 Å². The van der Waals surface area contributed by atoms with Gasteiger partial charge in [-0.1, -0.05) is 37.3 Å². The van der Waals surface area contributed by atoms with Gasteiger partial charge in [0.2, 0.25) is 11.8 Å². The molecule has 0 radical (unpaired) electrons. The van der Waals surface area contributed by atoms with Gasteiger partial charge in [-0.05, 0) is 25.3 Å². The van der Waals surface area contributed by atoms with Crippen LogP contribution in [-0.4, -0.2) is 41.2 Å². The highest BCUT2D eigenvalue weighted by Crippen LogP contribution is 2.23. The molecule has 1 fully saturated rings. The van der Waals surface area contributed by atoms with Crippen LogP contribution in [0, 0.1) is 0 Å². The van der Waals surface area contributed by atoms with Crippen molar-refractivity contribution in [2.75, 3.05) is 13.6 Å². The number of carbonyl (C=O) groups excluding carboxylic acids is 2. The fourth-order valence-electron chi connectivity index (χ4n) is 2.91. The average molecular weight is 288 g/mol. The Morgan fingerprint density at radius 1 is 1.33 bits per heavy atom. The molecule has 0 bridgehead atoms. The Hall–Kier alpha value is -1.84. The minimum absolute atomic E-state index is 0.00505. The van der Waals surface area contributed by atoms with E-state index in [2.05, 4.69) is 0 Å². The Morgan fingerprint density at radius 2 is 2.00 bits per heavy atom. The summed E-state index contributed by atoms with van der Waals surface area (Å²) >= 11 is 0. The molecule has 114 valence electrons. The van der Waals surface area contributed by atoms with Crippen LogP contribution in [-0.2, 0) is 9.59 Å². The molecule has 2 atom stereocenters. The average Bonchev–Trinajstić information content (AvgIpc) is 2.93. The third kappa shape index (κ3) is 3.26. The van der Waals surface area contributed by atoms with Gasteiger partial charge in [-0.25, -0.2) is 0 Å². The molecular formula is C17H24N2O2. The van der Waals surface area contributed by atoms with Crippen molar-refractivity contribution in [3.8, 4) is 0 Å². The minimum Gasteiger partial charge on any atom is -0.337 e. The molecule has 1 saturated heterocycles. The van der Waals surface area contributed by atoms with Crippen LogP contribution in [0.1, 0.15) is 44.7 Å². The summed E-state index contributed by atoms with van der Waals surface area (Å²) in [7, 11) is 1.82. The molecule has 1 aromatic rings. The summed E-state index contributed by atoms with van der Waals surface area (Å²) in [6.07, 6.45) is 2.10. The van der Waals surface area contributed by atoms with Crippen LogP contribution in [0.3, 0.4) is 0 Å². The Kier molecular flexibility index (Phi) is 4.99. The van der Waals surface area contributed by atoms with Crippen LogP contribution in [0.2, 0.25) is 0 Å². The standard InChI is InChI=1S/C17H24N2O2/c1-4-15(19-12-8-11-16(19)20)17(21)18(3)13(2)14-9-6-5-7-10-14/h5-7,9-10,13,15H,4,8,11-12H2,1-3H3/t13-,15+/m0/s1. The van der Waals surface area contributed by atoms with Crippen LogP contribution < -0.4 is 0 Å². The van der Waals surface area contributed by atoms with E-state index in [1.54, 1.807) is 9.80 Å². The van der Waals surface area contributed by atoms with Gasteiger partial charge in [-0.3, -0.25) is 9.59 Å². The lowest BCUT2D eigenvalue weighted by Crippen LogP contribution is -2.48. The number of amides is 2. The molecule has 0 spiro atoms. The molecule has 4 heteroatoms. The van der Waals surface area contributed by atoms with Crippen molar-refractivity contribution in [1.82, 2.24) is 9.80 Å². The number of likely N-dealkylation sites (N-methyl/N-ethyl adjacent to an activating group) is 1. The maximum atomic E-state index is 12.8. The van der Waals surface area contributed by atoms with E-state index in [1.807, 2.05) is 51.2 Å². The van der Waals surface area contributed by atoms with Gasteiger partial charge in [0.25, 0.3) is 0 Å². The van der Waals surface area contributed by atoms with Crippen molar-refractivity contribution in [3.63, 3.8) is 0 Å². The van der Waals surface area contributed by atoms with Crippen LogP contribution in [0.25, 0.3) is 0 Å². The highest BCUT2D eigenvalue weighted by atomic mass is 16.2. The van der Waals surface area contributed by atoms with Crippen LogP contribution in [0.5, 0.6) is 0 Å². The molecule has 0 unspecified atom stereocenters. The van der Waals surface area contributed by atoms with E-state index < -0.39 is 0 Å². The smallest absolute Gasteiger partial charge is 0.245 e. The summed E-state index contributed by atoms with van der Waals surface area (Å²) in [5.41, 5.74) is 1.11. The Labute approximate surface area is 126 Å². The lowest BCUT2D eigenvalue weighted by molar-refractivity contribution is -0.144. The first-order valence-corrected chi connectivity index (χ1v) is 7.67. The lowest BCUT2D eigenvalue weighted by atomic mass is 10.1. The molecule has 1 aliphatic rings. The van der Waals surface area contributed by atoms with Crippen molar-refractivity contribution in [2.45, 2.75) is 45.2 Å². The summed E-state index contributed by atoms with van der Waals surface area (Å²) in [6, 6.07) is 9.65. The predicted octanol–water partition coefficient (Wildman–Crippen LogP) is 2.61. The number of hydrogen-bond donors (Lipinski definition) is 0. The van der Waals surface area contributed by atoms with Crippen LogP contribution in [0.4, 0.5) is 0 Å². The van der Waals surface area contributed by atoms with Gasteiger partial charge in [0.1, 0.15) is 6.04 Å². The summed E-state index contributed by atoms with van der Waals surface area (Å²) < 4.78 is 0. The summed E-state index contributed by atoms with van der Waals surface area (Å²) in [4.78, 5) is 28.2. The highest BCUT2D eigenvalue weighted by molar-refractivity contribution is 5.88. The monoisotopic (exact) mass is 288 g/mol. The first-order valence-electron chi connectivity index (χ1n) is 7.67. The molecule has 2 amide bonds. The zero-order chi connectivity index (χ0) is 15.4. The molecular weight excluding hydrogens is 264 g/mol. The van der Waals surface area contributed by atoms with Gasteiger partial charge in [0, 0.05) is 20.0 Å². The molecule has 1 aromatic carbocycles. The molecule has 4 nitrogen and oxygen atoms in total. The zero-order valence-corrected chi connectivity index (χ0v) is 13.1. The molecule has 0 saturated carbocycles. The number of nitrogens with zero attached hydrogens (tertiary/aromatic N) is 2. The van der Waals surface area contributed by atoms with Gasteiger partial charge >= 0.3 is 0 Å². The molecule has 0 aliphatic carbocycles. The van der Waals surface area contributed by atoms with Crippen LogP contribution >= 0.6 is 0 Å². The number of likely N-dealkylation sites (tertiary alicyclic amines) is 1. The number of benzene rings is 1. The molecule has 1 heterocycles. The zero-order valence-electron chi connectivity index (χ0n) is 13.1. The van der Waals surface area contributed by atoms with Crippen molar-refractivity contribution in [1.29, 1.82) is 0 Å². The SMILES string of the molecule is CC[C@H](C(=O)N(C)[C@@H](C)c1ccccc1)N1CCCC1=O. The molecule has 21 heavy (non-hydrogen) atoms. The second-order valence-electron chi connectivity index (χ2n) is 5.65. The summed E-state index contributed by atoms with van der Waals surface area (Å²) in [5.74, 6) is 0.139. The molecule has 0 N–H and O–H groups in total. The van der Waals surface area contributed by atoms with Gasteiger partial charge in [-0.15, -0.1) is 0 Å². The first-order chi connectivity index (χ1) is 10.1. The van der Waals surface area contributed by atoms with Gasteiger partial charge in [0.05, 0.1) is 6.04 Å². The third-order valence-electron chi connectivity index (χ3n) is 4.37. The minimum atomic E-state index is -0.323. The lowest BCUT2D eigenvalue weighted by Gasteiger charge is -2.33. The molecule has 0 aromatic heterocycles. The van der Waals surface area contributed by atoms with E-state index in [0.717, 1.165) is 12.0 Å². The van der Waals surface area contributed by atoms with Crippen molar-refractivity contribution >= 4 is 11.8 Å². The van der Waals surface area contributed by atoms with E-state index in [0.29, 0.717) is 19.4 Å². The number of carbonyl (C=O) groups is 2. The second kappa shape index (κ2) is 6.74.